The number of thioether (sulfide) groups is 1. The van der Waals surface area contributed by atoms with Crippen LogP contribution in [0.25, 0.3) is 0 Å². The zero-order valence-electron chi connectivity index (χ0n) is 16.7. The van der Waals surface area contributed by atoms with Crippen molar-refractivity contribution in [3.8, 4) is 0 Å². The average Bonchev–Trinajstić information content (AvgIpc) is 3.27. The number of benzene rings is 3. The first kappa shape index (κ1) is 21.2. The Morgan fingerprint density at radius 3 is 2.06 bits per heavy atom. The van der Waals surface area contributed by atoms with Crippen molar-refractivity contribution in [2.45, 2.75) is 16.2 Å². The molecule has 0 aliphatic heterocycles. The number of nitrogens with zero attached hydrogens (tertiary/aromatic N) is 2. The van der Waals surface area contributed by atoms with Crippen LogP contribution < -0.4 is 5.32 Å². The maximum atomic E-state index is 12.5. The first-order valence-corrected chi connectivity index (χ1v) is 11.6. The van der Waals surface area contributed by atoms with Crippen LogP contribution in [0.2, 0.25) is 0 Å². The van der Waals surface area contributed by atoms with Gasteiger partial charge in [0.2, 0.25) is 5.13 Å². The lowest BCUT2D eigenvalue weighted by atomic mass is 10.0. The highest BCUT2D eigenvalue weighted by Gasteiger charge is 2.17. The molecule has 4 rings (SSSR count). The maximum Gasteiger partial charge on any atom is 0.252 e. The van der Waals surface area contributed by atoms with Gasteiger partial charge < -0.3 is 4.74 Å². The van der Waals surface area contributed by atoms with Crippen molar-refractivity contribution in [2.75, 3.05) is 11.9 Å². The van der Waals surface area contributed by atoms with Crippen LogP contribution in [0.4, 0.5) is 5.13 Å². The lowest BCUT2D eigenvalue weighted by Crippen LogP contribution is -2.20. The molecule has 0 spiro atoms. The Balaban J connectivity index is 1.33. The summed E-state index contributed by atoms with van der Waals surface area (Å²) in [4.78, 5) is 12.5. The van der Waals surface area contributed by atoms with Crippen LogP contribution in [0, 0.1) is 0 Å². The third-order valence-electron chi connectivity index (χ3n) is 4.44. The number of rotatable bonds is 9. The maximum absolute atomic E-state index is 12.5. The number of carbonyl (C=O) groups is 1. The fourth-order valence-electron chi connectivity index (χ4n) is 2.99. The monoisotopic (exact) mass is 447 g/mol. The number of anilines is 1. The summed E-state index contributed by atoms with van der Waals surface area (Å²) >= 11 is 2.96. The summed E-state index contributed by atoms with van der Waals surface area (Å²) in [5, 5.41) is 11.5. The fourth-order valence-corrected chi connectivity index (χ4v) is 4.72. The predicted molar refractivity (Wildman–Crippen MR) is 125 cm³/mol. The number of carbonyl (C=O) groups excluding carboxylic acids is 1. The van der Waals surface area contributed by atoms with E-state index in [2.05, 4.69) is 27.6 Å². The summed E-state index contributed by atoms with van der Waals surface area (Å²) < 4.78 is 6.81. The van der Waals surface area contributed by atoms with Crippen LogP contribution in [0.1, 0.15) is 22.8 Å². The van der Waals surface area contributed by atoms with E-state index < -0.39 is 0 Å². The second kappa shape index (κ2) is 10.9. The van der Waals surface area contributed by atoms with E-state index in [0.29, 0.717) is 5.13 Å². The van der Waals surface area contributed by atoms with Gasteiger partial charge >= 0.3 is 0 Å². The largest absolute Gasteiger partial charge is 0.359 e. The topological polar surface area (TPSA) is 64.1 Å². The Labute approximate surface area is 189 Å². The molecular formula is C24H21N3O2S2. The Bertz CT molecular complexity index is 1050. The summed E-state index contributed by atoms with van der Waals surface area (Å²) in [6.07, 6.45) is -0.320. The molecule has 0 fully saturated rings. The van der Waals surface area contributed by atoms with Gasteiger partial charge in [-0.2, -0.15) is 0 Å². The van der Waals surface area contributed by atoms with Gasteiger partial charge in [-0.1, -0.05) is 114 Å². The molecule has 0 unspecified atom stereocenters. The Morgan fingerprint density at radius 1 is 0.871 bits per heavy atom. The molecular weight excluding hydrogens is 426 g/mol. The van der Waals surface area contributed by atoms with E-state index in [9.17, 15) is 4.79 Å². The van der Waals surface area contributed by atoms with Crippen molar-refractivity contribution in [2.24, 2.45) is 0 Å². The van der Waals surface area contributed by atoms with Gasteiger partial charge in [-0.15, -0.1) is 10.2 Å². The number of hydrogen-bond donors (Lipinski definition) is 1. The van der Waals surface area contributed by atoms with E-state index in [-0.39, 0.29) is 18.6 Å². The molecule has 156 valence electrons. The molecule has 7 heteroatoms. The van der Waals surface area contributed by atoms with E-state index in [1.807, 2.05) is 78.9 Å². The van der Waals surface area contributed by atoms with Crippen molar-refractivity contribution in [1.29, 1.82) is 0 Å². The van der Waals surface area contributed by atoms with Crippen LogP contribution in [-0.2, 0) is 15.3 Å². The zero-order chi connectivity index (χ0) is 21.3. The summed E-state index contributed by atoms with van der Waals surface area (Å²) in [5.41, 5.74) is 3.21. The average molecular weight is 448 g/mol. The normalized spacial score (nSPS) is 10.9. The number of nitrogens with one attached hydrogen (secondary N) is 1. The molecule has 3 aromatic carbocycles. The first-order chi connectivity index (χ1) is 15.3. The highest BCUT2D eigenvalue weighted by atomic mass is 32.2. The van der Waals surface area contributed by atoms with E-state index >= 15 is 0 Å². The van der Waals surface area contributed by atoms with Gasteiger partial charge in [-0.05, 0) is 16.7 Å². The number of aromatic nitrogens is 2. The van der Waals surface area contributed by atoms with E-state index in [4.69, 9.17) is 4.74 Å². The van der Waals surface area contributed by atoms with Crippen molar-refractivity contribution in [3.05, 3.63) is 108 Å². The fraction of sp³-hybridized carbons (Fsp3) is 0.125. The molecule has 1 heterocycles. The number of ether oxygens (including phenoxy) is 1. The molecule has 1 aromatic heterocycles. The zero-order valence-corrected chi connectivity index (χ0v) is 18.3. The van der Waals surface area contributed by atoms with Gasteiger partial charge in [0.25, 0.3) is 5.91 Å². The molecule has 0 saturated heterocycles. The van der Waals surface area contributed by atoms with Gasteiger partial charge in [0.05, 0.1) is 0 Å². The molecule has 0 saturated carbocycles. The van der Waals surface area contributed by atoms with Gasteiger partial charge in [0.1, 0.15) is 12.7 Å². The van der Waals surface area contributed by atoms with Crippen molar-refractivity contribution in [3.63, 3.8) is 0 Å². The van der Waals surface area contributed by atoms with Crippen molar-refractivity contribution < 1.29 is 9.53 Å². The van der Waals surface area contributed by atoms with Gasteiger partial charge in [-0.25, -0.2) is 0 Å². The Morgan fingerprint density at radius 2 is 1.45 bits per heavy atom. The van der Waals surface area contributed by atoms with E-state index in [0.717, 1.165) is 21.2 Å². The van der Waals surface area contributed by atoms with Crippen molar-refractivity contribution >= 4 is 34.1 Å². The minimum atomic E-state index is -0.320. The van der Waals surface area contributed by atoms with Crippen LogP contribution >= 0.6 is 23.1 Å². The molecule has 0 atom stereocenters. The van der Waals surface area contributed by atoms with E-state index in [1.54, 1.807) is 11.8 Å². The highest BCUT2D eigenvalue weighted by Crippen LogP contribution is 2.29. The predicted octanol–water partition coefficient (Wildman–Crippen LogP) is 5.58. The summed E-state index contributed by atoms with van der Waals surface area (Å²) in [5.74, 6) is 0.551. The molecule has 4 aromatic rings. The van der Waals surface area contributed by atoms with Gasteiger partial charge in [0.15, 0.2) is 4.34 Å². The lowest BCUT2D eigenvalue weighted by Gasteiger charge is -2.18. The second-order valence-electron chi connectivity index (χ2n) is 6.71. The Kier molecular flexibility index (Phi) is 7.44. The van der Waals surface area contributed by atoms with Crippen LogP contribution in [0.15, 0.2) is 95.3 Å². The number of hydrogen-bond acceptors (Lipinski definition) is 6. The quantitative estimate of drug-likeness (QED) is 0.268. The SMILES string of the molecule is O=C(COC(c1ccccc1)c1ccccc1)Nc1nnc(SCc2ccccc2)s1. The van der Waals surface area contributed by atoms with Gasteiger partial charge in [-0.3, -0.25) is 10.1 Å². The molecule has 0 bridgehead atoms. The Hall–Kier alpha value is -3.00. The molecule has 5 nitrogen and oxygen atoms in total. The molecule has 0 aliphatic carbocycles. The molecule has 0 radical (unpaired) electrons. The molecule has 1 N–H and O–H groups in total. The van der Waals surface area contributed by atoms with E-state index in [1.165, 1.54) is 16.9 Å². The van der Waals surface area contributed by atoms with Crippen LogP contribution in [-0.4, -0.2) is 22.7 Å². The van der Waals surface area contributed by atoms with Crippen LogP contribution in [0.5, 0.6) is 0 Å². The third kappa shape index (κ3) is 6.24. The lowest BCUT2D eigenvalue weighted by molar-refractivity contribution is -0.121. The highest BCUT2D eigenvalue weighted by molar-refractivity contribution is 8.00. The smallest absolute Gasteiger partial charge is 0.252 e. The van der Waals surface area contributed by atoms with Crippen LogP contribution in [0.3, 0.4) is 0 Å². The number of amides is 1. The molecule has 31 heavy (non-hydrogen) atoms. The minimum Gasteiger partial charge on any atom is -0.359 e. The molecule has 1 amide bonds. The molecule has 0 aliphatic rings. The first-order valence-electron chi connectivity index (χ1n) is 9.79. The van der Waals surface area contributed by atoms with Gasteiger partial charge in [0, 0.05) is 5.75 Å². The summed E-state index contributed by atoms with van der Waals surface area (Å²) in [6.45, 7) is -0.0828. The summed E-state index contributed by atoms with van der Waals surface area (Å²) in [7, 11) is 0. The minimum absolute atomic E-state index is 0.0828. The third-order valence-corrected chi connectivity index (χ3v) is 6.49. The summed E-state index contributed by atoms with van der Waals surface area (Å²) in [6, 6.07) is 29.9. The van der Waals surface area contributed by atoms with Crippen molar-refractivity contribution in [1.82, 2.24) is 10.2 Å². The standard InChI is InChI=1S/C24H21N3O2S2/c28-21(25-23-26-27-24(31-23)30-17-18-10-4-1-5-11-18)16-29-22(19-12-6-2-7-13-19)20-14-8-3-9-15-20/h1-15,22H,16-17H2,(H,25,26,28). The second-order valence-corrected chi connectivity index (χ2v) is 8.91.